The maximum absolute atomic E-state index is 11.8. The third-order valence-corrected chi connectivity index (χ3v) is 2.75. The first kappa shape index (κ1) is 15.1. The fourth-order valence-corrected chi connectivity index (χ4v) is 1.54. The molecule has 1 amide bonds. The Morgan fingerprint density at radius 3 is 2.68 bits per heavy atom. The molecule has 1 atom stereocenters. The second-order valence-corrected chi connectivity index (χ2v) is 4.44. The van der Waals surface area contributed by atoms with E-state index >= 15 is 0 Å². The van der Waals surface area contributed by atoms with Gasteiger partial charge in [0.25, 0.3) is 0 Å². The van der Waals surface area contributed by atoms with Gasteiger partial charge < -0.3 is 15.4 Å². The smallest absolute Gasteiger partial charge is 0.240 e. The van der Waals surface area contributed by atoms with E-state index in [1.807, 2.05) is 31.2 Å². The number of ether oxygens (including phenoxy) is 1. The molecule has 0 aliphatic carbocycles. The van der Waals surface area contributed by atoms with Crippen LogP contribution in [0.4, 0.5) is 0 Å². The van der Waals surface area contributed by atoms with Crippen LogP contribution < -0.4 is 10.5 Å². The maximum atomic E-state index is 11.8. The van der Waals surface area contributed by atoms with Crippen molar-refractivity contribution >= 4 is 5.91 Å². The van der Waals surface area contributed by atoms with Crippen LogP contribution in [-0.2, 0) is 4.79 Å². The number of nitrogens with zero attached hydrogens (tertiary/aromatic N) is 1. The van der Waals surface area contributed by atoms with Gasteiger partial charge >= 0.3 is 0 Å². The van der Waals surface area contributed by atoms with Gasteiger partial charge in [-0.3, -0.25) is 4.79 Å². The molecule has 0 saturated heterocycles. The molecule has 0 saturated carbocycles. The predicted molar refractivity (Wildman–Crippen MR) is 75.7 cm³/mol. The minimum absolute atomic E-state index is 0.162. The Morgan fingerprint density at radius 1 is 1.47 bits per heavy atom. The summed E-state index contributed by atoms with van der Waals surface area (Å²) in [5.74, 6) is 3.02. The van der Waals surface area contributed by atoms with Crippen LogP contribution in [0.2, 0.25) is 0 Å². The van der Waals surface area contributed by atoms with Crippen molar-refractivity contribution in [3.63, 3.8) is 0 Å². The zero-order valence-corrected chi connectivity index (χ0v) is 11.4. The van der Waals surface area contributed by atoms with Crippen molar-refractivity contribution in [2.24, 2.45) is 5.73 Å². The van der Waals surface area contributed by atoms with Gasteiger partial charge in [-0.2, -0.15) is 0 Å². The second-order valence-electron chi connectivity index (χ2n) is 4.44. The first-order chi connectivity index (χ1) is 9.04. The van der Waals surface area contributed by atoms with Gasteiger partial charge in [0.05, 0.1) is 12.6 Å². The van der Waals surface area contributed by atoms with Crippen molar-refractivity contribution in [2.45, 2.75) is 19.4 Å². The Bertz CT molecular complexity index is 448. The van der Waals surface area contributed by atoms with E-state index in [0.717, 1.165) is 5.75 Å². The minimum Gasteiger partial charge on any atom is -0.492 e. The molecule has 0 radical (unpaired) electrons. The molecule has 0 heterocycles. The third-order valence-electron chi connectivity index (χ3n) is 2.75. The maximum Gasteiger partial charge on any atom is 0.240 e. The number of carbonyl (C=O) groups excluding carboxylic acids is 1. The summed E-state index contributed by atoms with van der Waals surface area (Å²) in [7, 11) is 1.69. The van der Waals surface area contributed by atoms with E-state index in [2.05, 4.69) is 5.92 Å². The zero-order valence-electron chi connectivity index (χ0n) is 11.4. The fourth-order valence-electron chi connectivity index (χ4n) is 1.54. The number of terminal acetylenes is 1. The van der Waals surface area contributed by atoms with E-state index in [9.17, 15) is 4.79 Å². The molecule has 19 heavy (non-hydrogen) atoms. The molecule has 1 aromatic rings. The van der Waals surface area contributed by atoms with E-state index < -0.39 is 6.04 Å². The lowest BCUT2D eigenvalue weighted by atomic mass is 10.2. The van der Waals surface area contributed by atoms with Gasteiger partial charge in [-0.25, -0.2) is 0 Å². The van der Waals surface area contributed by atoms with Gasteiger partial charge in [0.15, 0.2) is 0 Å². The number of nitrogens with two attached hydrogens (primary N) is 1. The third kappa shape index (κ3) is 5.02. The number of hydrogen-bond donors (Lipinski definition) is 1. The zero-order chi connectivity index (χ0) is 14.3. The Labute approximate surface area is 114 Å². The summed E-state index contributed by atoms with van der Waals surface area (Å²) < 4.78 is 5.55. The molecule has 1 unspecified atom stereocenters. The highest BCUT2D eigenvalue weighted by Crippen LogP contribution is 2.11. The molecule has 0 aliphatic heterocycles. The molecule has 2 N–H and O–H groups in total. The fraction of sp³-hybridized carbons (Fsp3) is 0.400. The Hall–Kier alpha value is -1.99. The van der Waals surface area contributed by atoms with Crippen LogP contribution in [0, 0.1) is 19.3 Å². The van der Waals surface area contributed by atoms with Crippen LogP contribution in [0.5, 0.6) is 5.75 Å². The van der Waals surface area contributed by atoms with E-state index in [-0.39, 0.29) is 12.3 Å². The SMILES string of the molecule is C#CCC(N)C(=O)N(C)CCOc1ccc(C)cc1. The molecule has 0 spiro atoms. The topological polar surface area (TPSA) is 55.6 Å². The number of likely N-dealkylation sites (N-methyl/N-ethyl adjacent to an activating group) is 1. The number of hydrogen-bond acceptors (Lipinski definition) is 3. The number of amides is 1. The molecular weight excluding hydrogens is 240 g/mol. The van der Waals surface area contributed by atoms with E-state index in [4.69, 9.17) is 16.9 Å². The molecule has 102 valence electrons. The lowest BCUT2D eigenvalue weighted by molar-refractivity contribution is -0.131. The van der Waals surface area contributed by atoms with Gasteiger partial charge in [-0.05, 0) is 19.1 Å². The average Bonchev–Trinajstić information content (AvgIpc) is 2.40. The number of aryl methyl sites for hydroxylation is 1. The van der Waals surface area contributed by atoms with Crippen molar-refractivity contribution in [3.05, 3.63) is 29.8 Å². The van der Waals surface area contributed by atoms with Gasteiger partial charge in [0.1, 0.15) is 12.4 Å². The Kier molecular flexibility index (Phi) is 5.91. The Morgan fingerprint density at radius 2 is 2.11 bits per heavy atom. The minimum atomic E-state index is -0.630. The highest BCUT2D eigenvalue weighted by molar-refractivity contribution is 5.81. The monoisotopic (exact) mass is 260 g/mol. The van der Waals surface area contributed by atoms with Crippen LogP contribution in [0.1, 0.15) is 12.0 Å². The van der Waals surface area contributed by atoms with Crippen LogP contribution in [0.3, 0.4) is 0 Å². The van der Waals surface area contributed by atoms with E-state index in [0.29, 0.717) is 13.2 Å². The van der Waals surface area contributed by atoms with E-state index in [1.165, 1.54) is 10.5 Å². The molecule has 0 fully saturated rings. The highest BCUT2D eigenvalue weighted by atomic mass is 16.5. The molecule has 0 bridgehead atoms. The summed E-state index contributed by atoms with van der Waals surface area (Å²) in [6.45, 7) is 2.92. The Balaban J connectivity index is 2.34. The molecule has 1 rings (SSSR count). The molecule has 1 aromatic carbocycles. The van der Waals surface area contributed by atoms with Crippen LogP contribution in [0.15, 0.2) is 24.3 Å². The molecule has 4 heteroatoms. The molecule has 0 aliphatic rings. The van der Waals surface area contributed by atoms with Crippen molar-refractivity contribution in [2.75, 3.05) is 20.2 Å². The van der Waals surface area contributed by atoms with Gasteiger partial charge in [0.2, 0.25) is 5.91 Å². The summed E-state index contributed by atoms with van der Waals surface area (Å²) >= 11 is 0. The standard InChI is InChI=1S/C15H20N2O2/c1-4-5-14(16)15(18)17(3)10-11-19-13-8-6-12(2)7-9-13/h1,6-9,14H,5,10-11,16H2,2-3H3. The van der Waals surface area contributed by atoms with Crippen molar-refractivity contribution < 1.29 is 9.53 Å². The summed E-state index contributed by atoms with van der Waals surface area (Å²) in [5.41, 5.74) is 6.83. The van der Waals surface area contributed by atoms with Gasteiger partial charge in [0, 0.05) is 13.5 Å². The highest BCUT2D eigenvalue weighted by Gasteiger charge is 2.16. The number of carbonyl (C=O) groups is 1. The lowest BCUT2D eigenvalue weighted by Gasteiger charge is -2.20. The first-order valence-corrected chi connectivity index (χ1v) is 6.18. The van der Waals surface area contributed by atoms with Crippen LogP contribution in [0.25, 0.3) is 0 Å². The largest absolute Gasteiger partial charge is 0.492 e. The molecule has 0 aromatic heterocycles. The lowest BCUT2D eigenvalue weighted by Crippen LogP contribution is -2.43. The average molecular weight is 260 g/mol. The summed E-state index contributed by atoms with van der Waals surface area (Å²) in [6, 6.07) is 7.14. The number of benzene rings is 1. The van der Waals surface area contributed by atoms with Gasteiger partial charge in [-0.15, -0.1) is 12.3 Å². The number of rotatable bonds is 6. The summed E-state index contributed by atoms with van der Waals surface area (Å²) in [5, 5.41) is 0. The van der Waals surface area contributed by atoms with Crippen LogP contribution in [-0.4, -0.2) is 37.0 Å². The second kappa shape index (κ2) is 7.45. The molecular formula is C15H20N2O2. The van der Waals surface area contributed by atoms with Crippen molar-refractivity contribution in [1.82, 2.24) is 4.90 Å². The summed E-state index contributed by atoms with van der Waals surface area (Å²) in [4.78, 5) is 13.3. The van der Waals surface area contributed by atoms with E-state index in [1.54, 1.807) is 7.05 Å². The summed E-state index contributed by atoms with van der Waals surface area (Å²) in [6.07, 6.45) is 5.38. The van der Waals surface area contributed by atoms with Crippen molar-refractivity contribution in [3.8, 4) is 18.1 Å². The quantitative estimate of drug-likeness (QED) is 0.782. The molecule has 4 nitrogen and oxygen atoms in total. The van der Waals surface area contributed by atoms with Crippen LogP contribution >= 0.6 is 0 Å². The normalized spacial score (nSPS) is 11.5. The predicted octanol–water partition coefficient (Wildman–Crippen LogP) is 1.18. The van der Waals surface area contributed by atoms with Gasteiger partial charge in [-0.1, -0.05) is 17.7 Å². The first-order valence-electron chi connectivity index (χ1n) is 6.18. The van der Waals surface area contributed by atoms with Crippen molar-refractivity contribution in [1.29, 1.82) is 0 Å².